The van der Waals surface area contributed by atoms with Crippen molar-refractivity contribution in [1.82, 2.24) is 19.4 Å². The number of rotatable bonds is 2. The molecule has 174 valence electrons. The van der Waals surface area contributed by atoms with Crippen LogP contribution in [0.3, 0.4) is 0 Å². The first-order chi connectivity index (χ1) is 16.0. The molecule has 0 radical (unpaired) electrons. The lowest BCUT2D eigenvalue weighted by atomic mass is 9.68. The van der Waals surface area contributed by atoms with Gasteiger partial charge in [0, 0.05) is 37.6 Å². The van der Waals surface area contributed by atoms with Crippen LogP contribution >= 0.6 is 0 Å². The maximum atomic E-state index is 13.9. The Balaban J connectivity index is 1.39. The quantitative estimate of drug-likeness (QED) is 0.659. The topological polar surface area (TPSA) is 58.4 Å². The Bertz CT molecular complexity index is 1200. The molecule has 6 nitrogen and oxygen atoms in total. The summed E-state index contributed by atoms with van der Waals surface area (Å²) in [6, 6.07) is 4.53. The number of nitrogens with zero attached hydrogens (tertiary/aromatic N) is 4. The zero-order valence-electron chi connectivity index (χ0n) is 19.8. The number of amides is 1. The van der Waals surface area contributed by atoms with E-state index >= 15 is 0 Å². The van der Waals surface area contributed by atoms with E-state index in [2.05, 4.69) is 16.0 Å². The lowest BCUT2D eigenvalue weighted by Crippen LogP contribution is -2.60. The smallest absolute Gasteiger partial charge is 0.259 e. The van der Waals surface area contributed by atoms with Gasteiger partial charge < -0.3 is 9.47 Å². The molecule has 6 rings (SSSR count). The minimum atomic E-state index is -0.184. The van der Waals surface area contributed by atoms with E-state index in [1.54, 1.807) is 6.20 Å². The molecule has 1 amide bonds. The monoisotopic (exact) mass is 446 g/mol. The van der Waals surface area contributed by atoms with Gasteiger partial charge >= 0.3 is 0 Å². The SMILES string of the molecule is CCn1cc(C(=O)N2CCCC3=C[C@H]4C[C@H](CN5CCCC[C@H]45)[C@H]32)c(=O)c2ccc(C)nc21. The van der Waals surface area contributed by atoms with Gasteiger partial charge in [0.25, 0.3) is 5.91 Å². The van der Waals surface area contributed by atoms with Crippen molar-refractivity contribution in [2.75, 3.05) is 19.6 Å². The van der Waals surface area contributed by atoms with E-state index in [0.29, 0.717) is 41.0 Å². The molecule has 3 fully saturated rings. The van der Waals surface area contributed by atoms with Crippen molar-refractivity contribution in [3.63, 3.8) is 0 Å². The number of aryl methyl sites for hydroxylation is 2. The summed E-state index contributed by atoms with van der Waals surface area (Å²) in [7, 11) is 0. The Morgan fingerprint density at radius 1 is 1.18 bits per heavy atom. The minimum Gasteiger partial charge on any atom is -0.332 e. The van der Waals surface area contributed by atoms with Crippen molar-refractivity contribution in [3.05, 3.63) is 51.5 Å². The molecule has 4 aliphatic rings. The Morgan fingerprint density at radius 2 is 2.06 bits per heavy atom. The fourth-order valence-corrected chi connectivity index (χ4v) is 7.11. The van der Waals surface area contributed by atoms with E-state index < -0.39 is 0 Å². The fraction of sp³-hybridized carbons (Fsp3) is 0.593. The molecule has 0 unspecified atom stereocenters. The van der Waals surface area contributed by atoms with Gasteiger partial charge in [0.2, 0.25) is 5.43 Å². The molecule has 2 bridgehead atoms. The summed E-state index contributed by atoms with van der Waals surface area (Å²) in [5.74, 6) is 1.02. The molecule has 5 heterocycles. The molecule has 2 aromatic rings. The second-order valence-corrected chi connectivity index (χ2v) is 10.5. The van der Waals surface area contributed by atoms with Gasteiger partial charge in [-0.05, 0) is 76.5 Å². The summed E-state index contributed by atoms with van der Waals surface area (Å²) in [5.41, 5.74) is 3.11. The Labute approximate surface area is 195 Å². The molecule has 33 heavy (non-hydrogen) atoms. The van der Waals surface area contributed by atoms with Crippen LogP contribution in [0.15, 0.2) is 34.8 Å². The van der Waals surface area contributed by atoms with Crippen LogP contribution < -0.4 is 5.43 Å². The Hall–Kier alpha value is -2.47. The maximum absolute atomic E-state index is 13.9. The van der Waals surface area contributed by atoms with Crippen LogP contribution in [0.1, 0.15) is 61.5 Å². The second kappa shape index (κ2) is 8.08. The van der Waals surface area contributed by atoms with Gasteiger partial charge in [-0.3, -0.25) is 14.5 Å². The third-order valence-corrected chi connectivity index (χ3v) is 8.55. The van der Waals surface area contributed by atoms with Crippen molar-refractivity contribution in [2.45, 2.75) is 71.0 Å². The van der Waals surface area contributed by atoms with E-state index in [-0.39, 0.29) is 17.4 Å². The number of aromatic nitrogens is 2. The molecule has 0 aromatic carbocycles. The Morgan fingerprint density at radius 3 is 2.91 bits per heavy atom. The highest BCUT2D eigenvalue weighted by Crippen LogP contribution is 2.45. The predicted octanol–water partition coefficient (Wildman–Crippen LogP) is 3.76. The standard InChI is InChI=1S/C27H34N4O2/c1-3-29-16-22(25(32)21-10-9-17(2)28-26(21)29)27(33)31-12-6-7-18-13-19-14-20(24(18)31)15-30-11-5-4-8-23(19)30/h9-10,13,16,19-20,23-24H,3-8,11-12,14-15H2,1-2H3/t19-,20+,23+,24-/m0/s1. The summed E-state index contributed by atoms with van der Waals surface area (Å²) in [6.07, 6.45) is 11.5. The van der Waals surface area contributed by atoms with Gasteiger partial charge in [-0.2, -0.15) is 0 Å². The average molecular weight is 447 g/mol. The van der Waals surface area contributed by atoms with Gasteiger partial charge in [-0.25, -0.2) is 4.98 Å². The predicted molar refractivity (Wildman–Crippen MR) is 129 cm³/mol. The van der Waals surface area contributed by atoms with Crippen LogP contribution in [-0.2, 0) is 6.54 Å². The van der Waals surface area contributed by atoms with Crippen LogP contribution in [-0.4, -0.2) is 57.0 Å². The molecule has 0 N–H and O–H groups in total. The molecular weight excluding hydrogens is 412 g/mol. The lowest BCUT2D eigenvalue weighted by Gasteiger charge is -2.54. The normalized spacial score (nSPS) is 29.4. The number of carbonyl (C=O) groups is 1. The number of carbonyl (C=O) groups excluding carboxylic acids is 1. The van der Waals surface area contributed by atoms with E-state index in [0.717, 1.165) is 31.6 Å². The number of hydrogen-bond acceptors (Lipinski definition) is 4. The minimum absolute atomic E-state index is 0.0977. The van der Waals surface area contributed by atoms with E-state index in [1.807, 2.05) is 35.4 Å². The number of hydrogen-bond donors (Lipinski definition) is 0. The van der Waals surface area contributed by atoms with Gasteiger partial charge in [-0.15, -0.1) is 0 Å². The third-order valence-electron chi connectivity index (χ3n) is 8.55. The fourth-order valence-electron chi connectivity index (χ4n) is 7.11. The van der Waals surface area contributed by atoms with Gasteiger partial charge in [0.05, 0.1) is 11.4 Å². The van der Waals surface area contributed by atoms with Crippen molar-refractivity contribution in [1.29, 1.82) is 0 Å². The molecule has 0 saturated carbocycles. The molecule has 3 aliphatic heterocycles. The molecule has 4 atom stereocenters. The van der Waals surface area contributed by atoms with Crippen molar-refractivity contribution in [2.24, 2.45) is 11.8 Å². The average Bonchev–Trinajstić information content (AvgIpc) is 2.83. The van der Waals surface area contributed by atoms with Crippen molar-refractivity contribution in [3.8, 4) is 0 Å². The first-order valence-corrected chi connectivity index (χ1v) is 12.8. The van der Waals surface area contributed by atoms with Crippen LogP contribution in [0.2, 0.25) is 0 Å². The van der Waals surface area contributed by atoms with E-state index in [4.69, 9.17) is 0 Å². The lowest BCUT2D eigenvalue weighted by molar-refractivity contribution is 0.00142. The highest BCUT2D eigenvalue weighted by atomic mass is 16.2. The molecular formula is C27H34N4O2. The third kappa shape index (κ3) is 3.37. The van der Waals surface area contributed by atoms with Gasteiger partial charge in [-0.1, -0.05) is 18.1 Å². The number of likely N-dealkylation sites (tertiary alicyclic amines) is 1. The molecule has 3 saturated heterocycles. The molecule has 6 heteroatoms. The number of fused-ring (bicyclic) bond motifs is 7. The summed E-state index contributed by atoms with van der Waals surface area (Å²) < 4.78 is 1.95. The molecule has 1 aliphatic carbocycles. The van der Waals surface area contributed by atoms with Crippen molar-refractivity contribution >= 4 is 16.9 Å². The highest BCUT2D eigenvalue weighted by molar-refractivity contribution is 5.97. The zero-order chi connectivity index (χ0) is 22.7. The van der Waals surface area contributed by atoms with E-state index in [1.165, 1.54) is 37.8 Å². The summed E-state index contributed by atoms with van der Waals surface area (Å²) in [6.45, 7) is 7.65. The summed E-state index contributed by atoms with van der Waals surface area (Å²) >= 11 is 0. The molecule has 0 spiro atoms. The Kier molecular flexibility index (Phi) is 5.17. The zero-order valence-corrected chi connectivity index (χ0v) is 19.8. The summed E-state index contributed by atoms with van der Waals surface area (Å²) in [5, 5.41) is 0.540. The number of piperidine rings is 3. The first-order valence-electron chi connectivity index (χ1n) is 12.8. The van der Waals surface area contributed by atoms with Crippen LogP contribution in [0.4, 0.5) is 0 Å². The number of pyridine rings is 2. The van der Waals surface area contributed by atoms with Crippen LogP contribution in [0.25, 0.3) is 11.0 Å². The van der Waals surface area contributed by atoms with Crippen LogP contribution in [0, 0.1) is 18.8 Å². The van der Waals surface area contributed by atoms with Gasteiger partial charge in [0.15, 0.2) is 0 Å². The van der Waals surface area contributed by atoms with Gasteiger partial charge in [0.1, 0.15) is 11.2 Å². The van der Waals surface area contributed by atoms with Crippen LogP contribution in [0.5, 0.6) is 0 Å². The largest absolute Gasteiger partial charge is 0.332 e. The molecule has 2 aromatic heterocycles. The summed E-state index contributed by atoms with van der Waals surface area (Å²) in [4.78, 5) is 36.7. The van der Waals surface area contributed by atoms with E-state index in [9.17, 15) is 9.59 Å². The second-order valence-electron chi connectivity index (χ2n) is 10.5. The highest BCUT2D eigenvalue weighted by Gasteiger charge is 2.47. The maximum Gasteiger partial charge on any atom is 0.259 e. The first kappa shape index (κ1) is 21.1. The van der Waals surface area contributed by atoms with Crippen molar-refractivity contribution < 1.29 is 4.79 Å².